The number of nitriles is 2. The molecule has 1 heterocycles. The maximum absolute atomic E-state index is 9.20. The quantitative estimate of drug-likeness (QED) is 0.935. The number of hydrogen-bond donors (Lipinski definition) is 1. The zero-order valence-electron chi connectivity index (χ0n) is 10.9. The summed E-state index contributed by atoms with van der Waals surface area (Å²) in [7, 11) is 0. The Labute approximate surface area is 122 Å². The molecule has 0 saturated carbocycles. The number of rotatable bonds is 4. The number of halogens is 1. The summed E-state index contributed by atoms with van der Waals surface area (Å²) in [6.45, 7) is 3.46. The Hall–Kier alpha value is -2.34. The second kappa shape index (κ2) is 6.21. The number of aromatic nitrogens is 2. The molecule has 2 rings (SSSR count). The van der Waals surface area contributed by atoms with Gasteiger partial charge >= 0.3 is 0 Å². The van der Waals surface area contributed by atoms with Crippen molar-refractivity contribution < 1.29 is 0 Å². The van der Waals surface area contributed by atoms with E-state index in [1.807, 2.05) is 31.2 Å². The molecule has 0 radical (unpaired) electrons. The zero-order valence-corrected chi connectivity index (χ0v) is 11.6. The molecule has 1 aromatic heterocycles. The SMILES string of the molecule is CCNCc1cc(Cl)ccc1-n1cnc(C#N)c1C#N. The van der Waals surface area contributed by atoms with E-state index in [0.29, 0.717) is 11.6 Å². The third-order valence-corrected chi connectivity index (χ3v) is 3.08. The number of nitrogens with zero attached hydrogens (tertiary/aromatic N) is 4. The Morgan fingerprint density at radius 1 is 1.35 bits per heavy atom. The maximum Gasteiger partial charge on any atom is 0.177 e. The van der Waals surface area contributed by atoms with Gasteiger partial charge in [-0.2, -0.15) is 10.5 Å². The van der Waals surface area contributed by atoms with Gasteiger partial charge in [0.2, 0.25) is 0 Å². The zero-order chi connectivity index (χ0) is 14.5. The summed E-state index contributed by atoms with van der Waals surface area (Å²) in [4.78, 5) is 3.95. The highest BCUT2D eigenvalue weighted by Crippen LogP contribution is 2.22. The Bertz CT molecular complexity index is 705. The van der Waals surface area contributed by atoms with E-state index in [-0.39, 0.29) is 11.4 Å². The Kier molecular flexibility index (Phi) is 4.37. The van der Waals surface area contributed by atoms with Gasteiger partial charge in [-0.25, -0.2) is 4.98 Å². The van der Waals surface area contributed by atoms with Gasteiger partial charge in [0.05, 0.1) is 5.69 Å². The van der Waals surface area contributed by atoms with Crippen LogP contribution in [0, 0.1) is 22.7 Å². The molecular weight excluding hydrogens is 274 g/mol. The van der Waals surface area contributed by atoms with Gasteiger partial charge in [-0.3, -0.25) is 4.57 Å². The number of benzene rings is 1. The van der Waals surface area contributed by atoms with Crippen molar-refractivity contribution in [3.05, 3.63) is 46.5 Å². The van der Waals surface area contributed by atoms with E-state index in [2.05, 4.69) is 10.3 Å². The molecule has 0 atom stereocenters. The number of imidazole rings is 1. The highest BCUT2D eigenvalue weighted by Gasteiger charge is 2.14. The molecule has 100 valence electrons. The Balaban J connectivity index is 2.56. The normalized spacial score (nSPS) is 10.0. The predicted octanol–water partition coefficient (Wildman–Crippen LogP) is 2.38. The summed E-state index contributed by atoms with van der Waals surface area (Å²) in [6, 6.07) is 9.34. The molecule has 5 nitrogen and oxygen atoms in total. The van der Waals surface area contributed by atoms with E-state index in [0.717, 1.165) is 17.8 Å². The van der Waals surface area contributed by atoms with Crippen LogP contribution in [0.1, 0.15) is 23.9 Å². The van der Waals surface area contributed by atoms with E-state index in [1.165, 1.54) is 6.33 Å². The van der Waals surface area contributed by atoms with Crippen molar-refractivity contribution in [1.82, 2.24) is 14.9 Å². The van der Waals surface area contributed by atoms with Gasteiger partial charge in [-0.1, -0.05) is 18.5 Å². The number of nitrogens with one attached hydrogen (secondary N) is 1. The van der Waals surface area contributed by atoms with Crippen molar-refractivity contribution in [2.24, 2.45) is 0 Å². The Morgan fingerprint density at radius 3 is 2.80 bits per heavy atom. The van der Waals surface area contributed by atoms with E-state index >= 15 is 0 Å². The summed E-state index contributed by atoms with van der Waals surface area (Å²) < 4.78 is 1.61. The van der Waals surface area contributed by atoms with Crippen LogP contribution >= 0.6 is 11.6 Å². The molecule has 0 aliphatic rings. The van der Waals surface area contributed by atoms with Crippen molar-refractivity contribution in [2.45, 2.75) is 13.5 Å². The van der Waals surface area contributed by atoms with Crippen LogP contribution in [0.2, 0.25) is 5.02 Å². The largest absolute Gasteiger partial charge is 0.313 e. The molecule has 1 N–H and O–H groups in total. The van der Waals surface area contributed by atoms with Gasteiger partial charge in [-0.05, 0) is 30.3 Å². The van der Waals surface area contributed by atoms with E-state index < -0.39 is 0 Å². The van der Waals surface area contributed by atoms with Crippen LogP contribution in [-0.4, -0.2) is 16.1 Å². The molecule has 0 saturated heterocycles. The van der Waals surface area contributed by atoms with E-state index in [9.17, 15) is 5.26 Å². The fraction of sp³-hybridized carbons (Fsp3) is 0.214. The maximum atomic E-state index is 9.20. The molecule has 0 amide bonds. The van der Waals surface area contributed by atoms with Crippen molar-refractivity contribution in [1.29, 1.82) is 10.5 Å². The summed E-state index contributed by atoms with van der Waals surface area (Å²) >= 11 is 6.02. The van der Waals surface area contributed by atoms with Gasteiger partial charge in [0.25, 0.3) is 0 Å². The molecule has 0 bridgehead atoms. The summed E-state index contributed by atoms with van der Waals surface area (Å²) in [5.41, 5.74) is 2.09. The first kappa shape index (κ1) is 14.1. The third kappa shape index (κ3) is 2.65. The molecule has 0 fully saturated rings. The lowest BCUT2D eigenvalue weighted by molar-refractivity contribution is 0.722. The highest BCUT2D eigenvalue weighted by atomic mass is 35.5. The fourth-order valence-corrected chi connectivity index (χ4v) is 2.10. The average Bonchev–Trinajstić information content (AvgIpc) is 2.87. The van der Waals surface area contributed by atoms with Crippen LogP contribution in [-0.2, 0) is 6.54 Å². The predicted molar refractivity (Wildman–Crippen MR) is 75.4 cm³/mol. The molecule has 6 heteroatoms. The molecule has 0 unspecified atom stereocenters. The topological polar surface area (TPSA) is 77.4 Å². The monoisotopic (exact) mass is 285 g/mol. The van der Waals surface area contributed by atoms with Gasteiger partial charge in [-0.15, -0.1) is 0 Å². The minimum absolute atomic E-state index is 0.122. The molecule has 0 aliphatic carbocycles. The molecule has 1 aromatic carbocycles. The van der Waals surface area contributed by atoms with Crippen molar-refractivity contribution in [2.75, 3.05) is 6.54 Å². The molecular formula is C14H12ClN5. The summed E-state index contributed by atoms with van der Waals surface area (Å²) in [5, 5.41) is 22.0. The first-order valence-corrected chi connectivity index (χ1v) is 6.46. The van der Waals surface area contributed by atoms with Gasteiger partial charge in [0.15, 0.2) is 11.4 Å². The second-order valence-corrected chi connectivity index (χ2v) is 4.53. The second-order valence-electron chi connectivity index (χ2n) is 4.09. The smallest absolute Gasteiger partial charge is 0.177 e. The van der Waals surface area contributed by atoms with Crippen LogP contribution in [0.3, 0.4) is 0 Å². The van der Waals surface area contributed by atoms with Crippen LogP contribution in [0.25, 0.3) is 5.69 Å². The van der Waals surface area contributed by atoms with Gasteiger partial charge < -0.3 is 5.32 Å². The first-order valence-electron chi connectivity index (χ1n) is 6.08. The molecule has 20 heavy (non-hydrogen) atoms. The van der Waals surface area contributed by atoms with Crippen LogP contribution in [0.4, 0.5) is 0 Å². The summed E-state index contributed by atoms with van der Waals surface area (Å²) in [6.07, 6.45) is 1.48. The Morgan fingerprint density at radius 2 is 2.15 bits per heavy atom. The lowest BCUT2D eigenvalue weighted by atomic mass is 10.1. The van der Waals surface area contributed by atoms with E-state index in [4.69, 9.17) is 16.9 Å². The minimum Gasteiger partial charge on any atom is -0.313 e. The average molecular weight is 286 g/mol. The van der Waals surface area contributed by atoms with Crippen molar-refractivity contribution >= 4 is 11.6 Å². The van der Waals surface area contributed by atoms with Crippen molar-refractivity contribution in [3.8, 4) is 17.8 Å². The first-order chi connectivity index (χ1) is 9.71. The van der Waals surface area contributed by atoms with Gasteiger partial charge in [0.1, 0.15) is 18.5 Å². The fourth-order valence-electron chi connectivity index (χ4n) is 1.91. The third-order valence-electron chi connectivity index (χ3n) is 2.85. The van der Waals surface area contributed by atoms with Gasteiger partial charge in [0, 0.05) is 11.6 Å². The molecule has 0 aliphatic heterocycles. The summed E-state index contributed by atoms with van der Waals surface area (Å²) in [5.74, 6) is 0. The molecule has 0 spiro atoms. The highest BCUT2D eigenvalue weighted by molar-refractivity contribution is 6.30. The molecule has 2 aromatic rings. The van der Waals surface area contributed by atoms with Crippen LogP contribution in [0.15, 0.2) is 24.5 Å². The number of hydrogen-bond acceptors (Lipinski definition) is 4. The standard InChI is InChI=1S/C14H12ClN5/c1-2-18-8-10-5-11(15)3-4-13(10)20-9-19-12(6-16)14(20)7-17/h3-5,9,18H,2,8H2,1H3. The van der Waals surface area contributed by atoms with Crippen LogP contribution < -0.4 is 5.32 Å². The minimum atomic E-state index is 0.122. The lowest BCUT2D eigenvalue weighted by Crippen LogP contribution is -2.14. The van der Waals surface area contributed by atoms with Crippen molar-refractivity contribution in [3.63, 3.8) is 0 Å². The van der Waals surface area contributed by atoms with Crippen LogP contribution in [0.5, 0.6) is 0 Å². The van der Waals surface area contributed by atoms with E-state index in [1.54, 1.807) is 10.6 Å². The lowest BCUT2D eigenvalue weighted by Gasteiger charge is -2.12.